The molecule has 1 N–H and O–H groups in total. The lowest BCUT2D eigenvalue weighted by molar-refractivity contribution is 0.0302. The van der Waals surface area contributed by atoms with Gasteiger partial charge in [-0.25, -0.2) is 9.97 Å². The number of hydrogen-bond donors (Lipinski definition) is 1. The van der Waals surface area contributed by atoms with Gasteiger partial charge in [-0.2, -0.15) is 0 Å². The Kier molecular flexibility index (Phi) is 4.60. The van der Waals surface area contributed by atoms with Crippen molar-refractivity contribution in [2.24, 2.45) is 0 Å². The Morgan fingerprint density at radius 2 is 2.12 bits per heavy atom. The first-order valence-corrected chi connectivity index (χ1v) is 9.44. The third-order valence-electron chi connectivity index (χ3n) is 4.60. The highest BCUT2D eigenvalue weighted by atomic mass is 32.1. The van der Waals surface area contributed by atoms with E-state index in [9.17, 15) is 4.79 Å². The van der Waals surface area contributed by atoms with E-state index < -0.39 is 0 Å². The summed E-state index contributed by atoms with van der Waals surface area (Å²) < 4.78 is 7.40. The van der Waals surface area contributed by atoms with Crippen molar-refractivity contribution in [2.45, 2.75) is 20.4 Å². The molecule has 4 rings (SSSR count). The molecule has 1 amide bonds. The summed E-state index contributed by atoms with van der Waals surface area (Å²) in [6, 6.07) is 3.65. The minimum atomic E-state index is 0.00698. The molecule has 0 atom stereocenters. The molecule has 3 aromatic rings. The summed E-state index contributed by atoms with van der Waals surface area (Å²) in [6.45, 7) is 7.26. The quantitative estimate of drug-likeness (QED) is 0.763. The third-order valence-corrected chi connectivity index (χ3v) is 5.67. The lowest BCUT2D eigenvalue weighted by Gasteiger charge is -2.26. The van der Waals surface area contributed by atoms with Crippen LogP contribution in [0.4, 0.5) is 5.82 Å². The van der Waals surface area contributed by atoms with Crippen molar-refractivity contribution in [1.82, 2.24) is 19.3 Å². The Balaban J connectivity index is 1.39. The first kappa shape index (κ1) is 17.0. The van der Waals surface area contributed by atoms with Crippen molar-refractivity contribution in [3.8, 4) is 0 Å². The largest absolute Gasteiger partial charge is 0.378 e. The van der Waals surface area contributed by atoms with Crippen LogP contribution in [0.15, 0.2) is 24.5 Å². The van der Waals surface area contributed by atoms with Crippen molar-refractivity contribution in [3.05, 3.63) is 46.4 Å². The van der Waals surface area contributed by atoms with E-state index in [1.807, 2.05) is 12.1 Å². The molecule has 0 spiro atoms. The molecule has 1 aliphatic heterocycles. The number of aromatic nitrogens is 3. The molecule has 3 aromatic heterocycles. The summed E-state index contributed by atoms with van der Waals surface area (Å²) in [6.07, 6.45) is 3.68. The van der Waals surface area contributed by atoms with E-state index in [1.54, 1.807) is 22.4 Å². The summed E-state index contributed by atoms with van der Waals surface area (Å²) in [5.41, 5.74) is 2.80. The zero-order chi connectivity index (χ0) is 18.1. The number of carbonyl (C=O) groups is 1. The van der Waals surface area contributed by atoms with Crippen molar-refractivity contribution >= 4 is 28.0 Å². The number of fused-ring (bicyclic) bond motifs is 1. The van der Waals surface area contributed by atoms with Crippen LogP contribution in [0.3, 0.4) is 0 Å². The molecule has 1 aliphatic rings. The molecule has 1 saturated heterocycles. The molecule has 1 fully saturated rings. The summed E-state index contributed by atoms with van der Waals surface area (Å²) in [4.78, 5) is 25.5. The van der Waals surface area contributed by atoms with Crippen LogP contribution in [0.25, 0.3) is 4.96 Å². The highest BCUT2D eigenvalue weighted by Gasteiger charge is 2.18. The van der Waals surface area contributed by atoms with Crippen molar-refractivity contribution < 1.29 is 9.53 Å². The Bertz CT molecular complexity index is 925. The molecule has 8 heteroatoms. The molecule has 136 valence electrons. The van der Waals surface area contributed by atoms with E-state index >= 15 is 0 Å². The number of ether oxygens (including phenoxy) is 1. The van der Waals surface area contributed by atoms with Gasteiger partial charge in [0, 0.05) is 36.1 Å². The van der Waals surface area contributed by atoms with Crippen LogP contribution in [0.1, 0.15) is 26.6 Å². The Labute approximate surface area is 155 Å². The average molecular weight is 371 g/mol. The van der Waals surface area contributed by atoms with Gasteiger partial charge in [0.15, 0.2) is 4.96 Å². The minimum Gasteiger partial charge on any atom is -0.378 e. The number of amides is 1. The van der Waals surface area contributed by atoms with Crippen LogP contribution in [-0.2, 0) is 11.3 Å². The lowest BCUT2D eigenvalue weighted by atomic mass is 10.2. The maximum Gasteiger partial charge on any atom is 0.255 e. The second-order valence-corrected chi connectivity index (χ2v) is 7.50. The van der Waals surface area contributed by atoms with Gasteiger partial charge in [-0.15, -0.1) is 11.3 Å². The van der Waals surface area contributed by atoms with Gasteiger partial charge >= 0.3 is 0 Å². The number of pyridine rings is 1. The van der Waals surface area contributed by atoms with Crippen molar-refractivity contribution in [1.29, 1.82) is 0 Å². The SMILES string of the molecule is Cc1sc2nc(CNc3ccc(C(=O)N4CCOCC4)cn3)cn2c1C. The lowest BCUT2D eigenvalue weighted by Crippen LogP contribution is -2.40. The number of hydrogen-bond acceptors (Lipinski definition) is 6. The highest BCUT2D eigenvalue weighted by Crippen LogP contribution is 2.22. The molecule has 0 unspecified atom stereocenters. The second kappa shape index (κ2) is 7.05. The van der Waals surface area contributed by atoms with Crippen LogP contribution in [-0.4, -0.2) is 51.5 Å². The third kappa shape index (κ3) is 3.30. The van der Waals surface area contributed by atoms with Crippen molar-refractivity contribution in [2.75, 3.05) is 31.6 Å². The molecule has 4 heterocycles. The first-order valence-electron chi connectivity index (χ1n) is 8.63. The molecule has 0 aromatic carbocycles. The van der Waals surface area contributed by atoms with E-state index in [0.717, 1.165) is 16.5 Å². The number of aryl methyl sites for hydroxylation is 2. The number of nitrogens with one attached hydrogen (secondary N) is 1. The summed E-state index contributed by atoms with van der Waals surface area (Å²) in [5.74, 6) is 0.736. The molecule has 26 heavy (non-hydrogen) atoms. The van der Waals surface area contributed by atoms with Crippen LogP contribution in [0.5, 0.6) is 0 Å². The number of thiazole rings is 1. The van der Waals surface area contributed by atoms with Crippen LogP contribution in [0, 0.1) is 13.8 Å². The molecule has 0 aliphatic carbocycles. The molecular weight excluding hydrogens is 350 g/mol. The van der Waals surface area contributed by atoms with Gasteiger partial charge in [0.2, 0.25) is 0 Å². The summed E-state index contributed by atoms with van der Waals surface area (Å²) in [7, 11) is 0. The molecule has 7 nitrogen and oxygen atoms in total. The number of rotatable bonds is 4. The zero-order valence-corrected chi connectivity index (χ0v) is 15.7. The van der Waals surface area contributed by atoms with E-state index in [1.165, 1.54) is 10.6 Å². The minimum absolute atomic E-state index is 0.00698. The summed E-state index contributed by atoms with van der Waals surface area (Å²) in [5, 5.41) is 3.26. The standard InChI is InChI=1S/C18H21N5O2S/c1-12-13(2)26-18-21-15(11-23(12)18)10-20-16-4-3-14(9-19-16)17(24)22-5-7-25-8-6-22/h3-4,9,11H,5-8,10H2,1-2H3,(H,19,20). The fourth-order valence-electron chi connectivity index (χ4n) is 2.94. The van der Waals surface area contributed by atoms with Gasteiger partial charge in [-0.3, -0.25) is 9.20 Å². The number of anilines is 1. The second-order valence-electron chi connectivity index (χ2n) is 6.32. The predicted molar refractivity (Wildman–Crippen MR) is 101 cm³/mol. The molecule has 0 bridgehead atoms. The van der Waals surface area contributed by atoms with E-state index in [2.05, 4.69) is 39.7 Å². The van der Waals surface area contributed by atoms with Gasteiger partial charge in [0.25, 0.3) is 5.91 Å². The molecule has 0 radical (unpaired) electrons. The summed E-state index contributed by atoms with van der Waals surface area (Å²) >= 11 is 1.70. The Morgan fingerprint density at radius 1 is 1.31 bits per heavy atom. The van der Waals surface area contributed by atoms with Crippen LogP contribution in [0.2, 0.25) is 0 Å². The van der Waals surface area contributed by atoms with Gasteiger partial charge in [0.05, 0.1) is 31.0 Å². The Hall–Kier alpha value is -2.45. The fraction of sp³-hybridized carbons (Fsp3) is 0.389. The monoisotopic (exact) mass is 371 g/mol. The van der Waals surface area contributed by atoms with Gasteiger partial charge < -0.3 is 15.0 Å². The highest BCUT2D eigenvalue weighted by molar-refractivity contribution is 7.17. The maximum absolute atomic E-state index is 12.4. The maximum atomic E-state index is 12.4. The van der Waals surface area contributed by atoms with E-state index in [4.69, 9.17) is 4.74 Å². The Morgan fingerprint density at radius 3 is 2.81 bits per heavy atom. The van der Waals surface area contributed by atoms with Crippen LogP contribution < -0.4 is 5.32 Å². The van der Waals surface area contributed by atoms with Gasteiger partial charge in [-0.05, 0) is 26.0 Å². The van der Waals surface area contributed by atoms with Gasteiger partial charge in [-0.1, -0.05) is 0 Å². The van der Waals surface area contributed by atoms with Crippen LogP contribution >= 0.6 is 11.3 Å². The number of morpholine rings is 1. The average Bonchev–Trinajstić information content (AvgIpc) is 3.19. The van der Waals surface area contributed by atoms with Crippen molar-refractivity contribution in [3.63, 3.8) is 0 Å². The number of nitrogens with zero attached hydrogens (tertiary/aromatic N) is 4. The molecule has 0 saturated carbocycles. The topological polar surface area (TPSA) is 71.8 Å². The van der Waals surface area contributed by atoms with E-state index in [0.29, 0.717) is 38.4 Å². The fourth-order valence-corrected chi connectivity index (χ4v) is 3.91. The number of carbonyl (C=O) groups excluding carboxylic acids is 1. The normalized spacial score (nSPS) is 14.8. The zero-order valence-electron chi connectivity index (χ0n) is 14.9. The number of imidazole rings is 1. The van der Waals surface area contributed by atoms with Gasteiger partial charge in [0.1, 0.15) is 5.82 Å². The predicted octanol–water partition coefficient (Wildman–Crippen LogP) is 2.49. The van der Waals surface area contributed by atoms with E-state index in [-0.39, 0.29) is 5.91 Å². The first-order chi connectivity index (χ1) is 12.6. The smallest absolute Gasteiger partial charge is 0.255 e. The molecular formula is C18H21N5O2S.